The third-order valence-corrected chi connectivity index (χ3v) is 5.65. The van der Waals surface area contributed by atoms with Crippen molar-refractivity contribution < 1.29 is 14.6 Å². The number of hydrogen-bond acceptors (Lipinski definition) is 6. The normalized spacial score (nSPS) is 18.7. The lowest BCUT2D eigenvalue weighted by atomic mass is 9.76. The second kappa shape index (κ2) is 7.73. The Bertz CT molecular complexity index is 1160. The van der Waals surface area contributed by atoms with Crippen molar-refractivity contribution in [1.29, 1.82) is 5.26 Å². The fraction of sp³-hybridized carbons (Fsp3) is 0.400. The predicted molar refractivity (Wildman–Crippen MR) is 120 cm³/mol. The summed E-state index contributed by atoms with van der Waals surface area (Å²) in [4.78, 5) is 9.23. The molecule has 166 valence electrons. The van der Waals surface area contributed by atoms with E-state index in [1.165, 1.54) is 0 Å². The van der Waals surface area contributed by atoms with Gasteiger partial charge in [-0.05, 0) is 64.1 Å². The molecule has 0 radical (unpaired) electrons. The molecule has 1 N–H and O–H groups in total. The van der Waals surface area contributed by atoms with E-state index >= 15 is 0 Å². The Morgan fingerprint density at radius 2 is 1.75 bits per heavy atom. The molecule has 1 fully saturated rings. The second-order valence-electron chi connectivity index (χ2n) is 9.55. The van der Waals surface area contributed by atoms with Gasteiger partial charge in [-0.1, -0.05) is 0 Å². The third-order valence-electron chi connectivity index (χ3n) is 5.65. The summed E-state index contributed by atoms with van der Waals surface area (Å²) < 4.78 is 13.6. The largest absolute Gasteiger partial charge is 0.480 e. The summed E-state index contributed by atoms with van der Waals surface area (Å²) in [5, 5.41) is 21.0. The molecule has 3 heterocycles. The minimum atomic E-state index is -1.17. The van der Waals surface area contributed by atoms with Gasteiger partial charge in [-0.3, -0.25) is 4.57 Å². The number of nitrogens with zero attached hydrogens (tertiary/aromatic N) is 4. The molecule has 0 unspecified atom stereocenters. The Morgan fingerprint density at radius 1 is 1.09 bits per heavy atom. The van der Waals surface area contributed by atoms with Gasteiger partial charge in [0.25, 0.3) is 0 Å². The van der Waals surface area contributed by atoms with E-state index < -0.39 is 16.8 Å². The van der Waals surface area contributed by atoms with Crippen molar-refractivity contribution in [3.8, 4) is 29.0 Å². The van der Waals surface area contributed by atoms with E-state index in [4.69, 9.17) is 19.7 Å². The van der Waals surface area contributed by atoms with Gasteiger partial charge in [-0.15, -0.1) is 0 Å². The smallest absolute Gasteiger partial charge is 0.224 e. The highest BCUT2D eigenvalue weighted by Crippen LogP contribution is 2.46. The number of aromatic nitrogens is 3. The van der Waals surface area contributed by atoms with Gasteiger partial charge in [-0.25, -0.2) is 9.97 Å². The number of rotatable bonds is 4. The lowest BCUT2D eigenvalue weighted by Gasteiger charge is -2.49. The molecule has 1 saturated heterocycles. The number of pyridine rings is 1. The highest BCUT2D eigenvalue weighted by Gasteiger charge is 2.49. The molecule has 0 spiro atoms. The molecular weight excluding hydrogens is 404 g/mol. The number of nitriles is 1. The van der Waals surface area contributed by atoms with Crippen LogP contribution in [0.25, 0.3) is 17.1 Å². The standard InChI is InChI=1S/C25H28N4O3/c1-23(2)15-25(30,16-24(3,4)32-23)20-14-29(18-10-8-17(13-26)9-11-18)21(28-20)19-7-6-12-27-22(19)31-5/h6-12,14,30H,15-16H2,1-5H3. The summed E-state index contributed by atoms with van der Waals surface area (Å²) in [6.07, 6.45) is 4.35. The van der Waals surface area contributed by atoms with Gasteiger partial charge >= 0.3 is 0 Å². The van der Waals surface area contributed by atoms with Crippen LogP contribution in [0.2, 0.25) is 0 Å². The van der Waals surface area contributed by atoms with Gasteiger partial charge in [-0.2, -0.15) is 5.26 Å². The zero-order valence-corrected chi connectivity index (χ0v) is 19.1. The number of ether oxygens (including phenoxy) is 2. The first-order valence-corrected chi connectivity index (χ1v) is 10.6. The number of benzene rings is 1. The summed E-state index contributed by atoms with van der Waals surface area (Å²) in [5.74, 6) is 1.05. The van der Waals surface area contributed by atoms with Gasteiger partial charge in [0.15, 0.2) is 0 Å². The van der Waals surface area contributed by atoms with Crippen LogP contribution in [0.1, 0.15) is 51.8 Å². The SMILES string of the molecule is COc1ncccc1-c1nc(C2(O)CC(C)(C)OC(C)(C)C2)cn1-c1ccc(C#N)cc1. The molecule has 32 heavy (non-hydrogen) atoms. The van der Waals surface area contributed by atoms with Crippen molar-refractivity contribution in [2.45, 2.75) is 57.3 Å². The molecule has 7 heteroatoms. The fourth-order valence-electron chi connectivity index (χ4n) is 4.88. The Kier molecular flexibility index (Phi) is 5.32. The predicted octanol–water partition coefficient (Wildman–Crippen LogP) is 4.37. The molecule has 3 aromatic rings. The number of imidazole rings is 1. The molecule has 7 nitrogen and oxygen atoms in total. The van der Waals surface area contributed by atoms with Crippen molar-refractivity contribution in [3.05, 3.63) is 60.0 Å². The first kappa shape index (κ1) is 22.0. The molecule has 0 aliphatic carbocycles. The zero-order chi connectivity index (χ0) is 23.1. The molecule has 1 aliphatic rings. The molecule has 0 atom stereocenters. The zero-order valence-electron chi connectivity index (χ0n) is 19.1. The van der Waals surface area contributed by atoms with Crippen LogP contribution in [0.4, 0.5) is 0 Å². The average molecular weight is 433 g/mol. The fourth-order valence-corrected chi connectivity index (χ4v) is 4.88. The van der Waals surface area contributed by atoms with E-state index in [2.05, 4.69) is 11.1 Å². The quantitative estimate of drug-likeness (QED) is 0.658. The summed E-state index contributed by atoms with van der Waals surface area (Å²) in [7, 11) is 1.57. The van der Waals surface area contributed by atoms with Gasteiger partial charge < -0.3 is 14.6 Å². The topological polar surface area (TPSA) is 93.2 Å². The van der Waals surface area contributed by atoms with Gasteiger partial charge in [0.05, 0.1) is 41.2 Å². The van der Waals surface area contributed by atoms with E-state index in [-0.39, 0.29) is 0 Å². The lowest BCUT2D eigenvalue weighted by molar-refractivity contribution is -0.224. The van der Waals surface area contributed by atoms with Crippen LogP contribution < -0.4 is 4.74 Å². The maximum absolute atomic E-state index is 11.8. The van der Waals surface area contributed by atoms with Crippen molar-refractivity contribution in [1.82, 2.24) is 14.5 Å². The van der Waals surface area contributed by atoms with Gasteiger partial charge in [0.2, 0.25) is 5.88 Å². The van der Waals surface area contributed by atoms with Crippen molar-refractivity contribution in [2.75, 3.05) is 7.11 Å². The molecular formula is C25H28N4O3. The molecule has 2 aromatic heterocycles. The van der Waals surface area contributed by atoms with Gasteiger partial charge in [0, 0.05) is 30.9 Å². The maximum atomic E-state index is 11.8. The summed E-state index contributed by atoms with van der Waals surface area (Å²) in [5.41, 5.74) is 0.459. The van der Waals surface area contributed by atoms with E-state index in [1.807, 2.05) is 62.7 Å². The molecule has 1 aromatic carbocycles. The van der Waals surface area contributed by atoms with Crippen LogP contribution in [0.3, 0.4) is 0 Å². The van der Waals surface area contributed by atoms with E-state index in [0.717, 1.165) is 5.69 Å². The number of hydrogen-bond donors (Lipinski definition) is 1. The van der Waals surface area contributed by atoms with Crippen LogP contribution in [0.5, 0.6) is 5.88 Å². The Labute approximate surface area is 188 Å². The van der Waals surface area contributed by atoms with Crippen LogP contribution in [-0.4, -0.2) is 38.0 Å². The van der Waals surface area contributed by atoms with Crippen molar-refractivity contribution in [2.24, 2.45) is 0 Å². The van der Waals surface area contributed by atoms with Crippen molar-refractivity contribution >= 4 is 0 Å². The van der Waals surface area contributed by atoms with E-state index in [9.17, 15) is 5.11 Å². The Hall–Kier alpha value is -3.21. The minimum absolute atomic E-state index is 0.414. The van der Waals surface area contributed by atoms with Crippen molar-refractivity contribution in [3.63, 3.8) is 0 Å². The summed E-state index contributed by atoms with van der Waals surface area (Å²) in [6, 6.07) is 13.1. The average Bonchev–Trinajstić information content (AvgIpc) is 3.17. The van der Waals surface area contributed by atoms with Gasteiger partial charge in [0.1, 0.15) is 11.4 Å². The third kappa shape index (κ3) is 4.12. The number of aliphatic hydroxyl groups is 1. The van der Waals surface area contributed by atoms with E-state index in [1.54, 1.807) is 25.4 Å². The summed E-state index contributed by atoms with van der Waals surface area (Å²) in [6.45, 7) is 7.95. The number of methoxy groups -OCH3 is 1. The molecule has 0 amide bonds. The molecule has 0 saturated carbocycles. The summed E-state index contributed by atoms with van der Waals surface area (Å²) >= 11 is 0. The first-order valence-electron chi connectivity index (χ1n) is 10.6. The monoisotopic (exact) mass is 432 g/mol. The Balaban J connectivity index is 1.90. The highest BCUT2D eigenvalue weighted by molar-refractivity contribution is 5.65. The first-order chi connectivity index (χ1) is 15.1. The van der Waals surface area contributed by atoms with E-state index in [0.29, 0.717) is 41.4 Å². The van der Waals surface area contributed by atoms with Crippen LogP contribution in [0.15, 0.2) is 48.8 Å². The molecule has 4 rings (SSSR count). The second-order valence-corrected chi connectivity index (χ2v) is 9.55. The highest BCUT2D eigenvalue weighted by atomic mass is 16.5. The van der Waals surface area contributed by atoms with Crippen LogP contribution in [0, 0.1) is 11.3 Å². The molecule has 0 bridgehead atoms. The Morgan fingerprint density at radius 3 is 2.34 bits per heavy atom. The van der Waals surface area contributed by atoms with Crippen LogP contribution in [-0.2, 0) is 10.3 Å². The minimum Gasteiger partial charge on any atom is -0.480 e. The lowest BCUT2D eigenvalue weighted by Crippen LogP contribution is -2.52. The van der Waals surface area contributed by atoms with Crippen LogP contribution >= 0.6 is 0 Å². The maximum Gasteiger partial charge on any atom is 0.224 e. The molecule has 1 aliphatic heterocycles.